The third-order valence-electron chi connectivity index (χ3n) is 10.1. The van der Waals surface area contributed by atoms with E-state index < -0.39 is 0 Å². The van der Waals surface area contributed by atoms with Gasteiger partial charge in [-0.15, -0.1) is 0 Å². The van der Waals surface area contributed by atoms with Gasteiger partial charge in [0, 0.05) is 17.4 Å². The third kappa shape index (κ3) is 3.74. The van der Waals surface area contributed by atoms with Gasteiger partial charge in [0.05, 0.1) is 16.7 Å². The fraction of sp³-hybridized carbons (Fsp3) is 0.114. The lowest BCUT2D eigenvalue weighted by Crippen LogP contribution is -2.27. The highest BCUT2D eigenvalue weighted by Crippen LogP contribution is 2.48. The van der Waals surface area contributed by atoms with Gasteiger partial charge in [-0.1, -0.05) is 154 Å². The number of benzene rings is 7. The summed E-state index contributed by atoms with van der Waals surface area (Å²) >= 11 is 0. The molecule has 0 N–H and O–H groups in total. The van der Waals surface area contributed by atoms with Crippen molar-refractivity contribution in [1.29, 1.82) is 0 Å². The molecular formula is C44H34N2. The normalized spacial score (nSPS) is 13.4. The number of hydrogen-bond donors (Lipinski definition) is 0. The van der Waals surface area contributed by atoms with Crippen molar-refractivity contribution in [3.8, 4) is 39.1 Å². The van der Waals surface area contributed by atoms with Gasteiger partial charge in [0.2, 0.25) is 0 Å². The fourth-order valence-electron chi connectivity index (χ4n) is 8.00. The first-order valence-corrected chi connectivity index (χ1v) is 16.3. The van der Waals surface area contributed by atoms with Crippen molar-refractivity contribution in [2.75, 3.05) is 0 Å². The SMILES string of the molecule is CCc1nc2cccc3c2n1-c1c(-c2ccc(-c4c5ccccc5c(-c5ccccc5)c5ccccc45)cc2)cccc1C3(C)C. The minimum absolute atomic E-state index is 0.135. The topological polar surface area (TPSA) is 17.8 Å². The number of hydrogen-bond acceptors (Lipinski definition) is 1. The highest BCUT2D eigenvalue weighted by Gasteiger charge is 2.36. The molecule has 46 heavy (non-hydrogen) atoms. The minimum atomic E-state index is -0.135. The van der Waals surface area contributed by atoms with Crippen molar-refractivity contribution in [3.05, 3.63) is 156 Å². The molecule has 0 fully saturated rings. The molecule has 1 aliphatic heterocycles. The molecule has 0 saturated heterocycles. The van der Waals surface area contributed by atoms with E-state index in [4.69, 9.17) is 4.98 Å². The predicted octanol–water partition coefficient (Wildman–Crippen LogP) is 11.5. The zero-order valence-electron chi connectivity index (χ0n) is 26.4. The van der Waals surface area contributed by atoms with Crippen LogP contribution in [0.2, 0.25) is 0 Å². The summed E-state index contributed by atoms with van der Waals surface area (Å²) in [5.41, 5.74) is 13.7. The van der Waals surface area contributed by atoms with Crippen LogP contribution in [0.5, 0.6) is 0 Å². The first-order chi connectivity index (χ1) is 22.6. The molecule has 2 nitrogen and oxygen atoms in total. The average Bonchev–Trinajstić information content (AvgIpc) is 3.49. The van der Waals surface area contributed by atoms with Crippen molar-refractivity contribution >= 4 is 32.6 Å². The van der Waals surface area contributed by atoms with E-state index >= 15 is 0 Å². The van der Waals surface area contributed by atoms with E-state index in [0.717, 1.165) is 17.8 Å². The quantitative estimate of drug-likeness (QED) is 0.186. The van der Waals surface area contributed by atoms with Gasteiger partial charge in [-0.3, -0.25) is 4.57 Å². The Morgan fingerprint density at radius 2 is 1.04 bits per heavy atom. The van der Waals surface area contributed by atoms with E-state index in [1.165, 1.54) is 77.3 Å². The summed E-state index contributed by atoms with van der Waals surface area (Å²) < 4.78 is 2.44. The Morgan fingerprint density at radius 3 is 1.65 bits per heavy atom. The van der Waals surface area contributed by atoms with Gasteiger partial charge in [-0.2, -0.15) is 0 Å². The third-order valence-corrected chi connectivity index (χ3v) is 10.1. The second kappa shape index (κ2) is 10.0. The molecule has 2 heteroatoms. The van der Waals surface area contributed by atoms with Gasteiger partial charge in [-0.25, -0.2) is 4.98 Å². The predicted molar refractivity (Wildman–Crippen MR) is 194 cm³/mol. The van der Waals surface area contributed by atoms with Gasteiger partial charge >= 0.3 is 0 Å². The summed E-state index contributed by atoms with van der Waals surface area (Å²) in [6.07, 6.45) is 0.875. The Kier molecular flexibility index (Phi) is 5.86. The molecule has 0 saturated carbocycles. The Bertz CT molecular complexity index is 2410. The molecule has 9 rings (SSSR count). The number of para-hydroxylation sites is 2. The molecule has 0 radical (unpaired) electrons. The summed E-state index contributed by atoms with van der Waals surface area (Å²) in [5, 5.41) is 5.11. The lowest BCUT2D eigenvalue weighted by Gasteiger charge is -2.35. The smallest absolute Gasteiger partial charge is 0.114 e. The number of nitrogens with zero attached hydrogens (tertiary/aromatic N) is 2. The van der Waals surface area contributed by atoms with Crippen molar-refractivity contribution < 1.29 is 0 Å². The summed E-state index contributed by atoms with van der Waals surface area (Å²) in [6, 6.07) is 51.2. The van der Waals surface area contributed by atoms with Gasteiger partial charge in [0.25, 0.3) is 0 Å². The van der Waals surface area contributed by atoms with Crippen LogP contribution in [0, 0.1) is 0 Å². The number of rotatable bonds is 4. The lowest BCUT2D eigenvalue weighted by atomic mass is 9.73. The highest BCUT2D eigenvalue weighted by molar-refractivity contribution is 6.21. The molecule has 0 unspecified atom stereocenters. The van der Waals surface area contributed by atoms with Gasteiger partial charge in [0.15, 0.2) is 0 Å². The van der Waals surface area contributed by atoms with E-state index in [1.54, 1.807) is 0 Å². The maximum atomic E-state index is 5.11. The van der Waals surface area contributed by atoms with Gasteiger partial charge in [0.1, 0.15) is 5.82 Å². The molecule has 8 aromatic rings. The Hall–Kier alpha value is -5.47. The van der Waals surface area contributed by atoms with E-state index in [1.807, 2.05) is 0 Å². The maximum absolute atomic E-state index is 5.11. The fourth-order valence-corrected chi connectivity index (χ4v) is 8.00. The number of aryl methyl sites for hydroxylation is 1. The van der Waals surface area contributed by atoms with Crippen molar-refractivity contribution in [2.24, 2.45) is 0 Å². The van der Waals surface area contributed by atoms with E-state index in [0.29, 0.717) is 0 Å². The standard InChI is InChI=1S/C44H34N2/c1-4-39-45-38-23-13-22-37-43(38)46(39)42-31(20-12-21-36(42)44(37,2)3)28-24-26-30(27-25-28)41-34-18-10-8-16-32(34)40(29-14-6-5-7-15-29)33-17-9-11-19-35(33)41/h5-27H,4H2,1-3H3. The summed E-state index contributed by atoms with van der Waals surface area (Å²) in [6.45, 7) is 6.91. The van der Waals surface area contributed by atoms with Crippen LogP contribution in [0.3, 0.4) is 0 Å². The molecule has 0 aliphatic carbocycles. The van der Waals surface area contributed by atoms with E-state index in [9.17, 15) is 0 Å². The van der Waals surface area contributed by atoms with Crippen LogP contribution in [0.25, 0.3) is 71.6 Å². The molecule has 220 valence electrons. The molecule has 0 spiro atoms. The summed E-state index contributed by atoms with van der Waals surface area (Å²) in [5.74, 6) is 1.11. The summed E-state index contributed by atoms with van der Waals surface area (Å²) in [4.78, 5) is 5.11. The molecule has 0 amide bonds. The molecule has 1 aliphatic rings. The van der Waals surface area contributed by atoms with Crippen LogP contribution in [0.15, 0.2) is 140 Å². The van der Waals surface area contributed by atoms with Gasteiger partial charge in [-0.05, 0) is 66.6 Å². The largest absolute Gasteiger partial charge is 0.295 e. The summed E-state index contributed by atoms with van der Waals surface area (Å²) in [7, 11) is 0. The second-order valence-electron chi connectivity index (χ2n) is 13.0. The zero-order chi connectivity index (χ0) is 31.0. The minimum Gasteiger partial charge on any atom is -0.295 e. The van der Waals surface area contributed by atoms with Crippen LogP contribution in [0.1, 0.15) is 37.7 Å². The van der Waals surface area contributed by atoms with Crippen molar-refractivity contribution in [3.63, 3.8) is 0 Å². The van der Waals surface area contributed by atoms with E-state index in [2.05, 4.69) is 165 Å². The number of aromatic nitrogens is 2. The first kappa shape index (κ1) is 26.9. The van der Waals surface area contributed by atoms with Crippen molar-refractivity contribution in [2.45, 2.75) is 32.6 Å². The Balaban J connectivity index is 1.26. The van der Waals surface area contributed by atoms with Gasteiger partial charge < -0.3 is 0 Å². The first-order valence-electron chi connectivity index (χ1n) is 16.3. The monoisotopic (exact) mass is 590 g/mol. The second-order valence-corrected chi connectivity index (χ2v) is 13.0. The van der Waals surface area contributed by atoms with Crippen LogP contribution >= 0.6 is 0 Å². The molecule has 0 atom stereocenters. The van der Waals surface area contributed by atoms with Crippen LogP contribution < -0.4 is 0 Å². The molecule has 7 aromatic carbocycles. The highest BCUT2D eigenvalue weighted by atomic mass is 15.1. The molecule has 1 aromatic heterocycles. The van der Waals surface area contributed by atoms with Crippen molar-refractivity contribution in [1.82, 2.24) is 9.55 Å². The molecule has 0 bridgehead atoms. The maximum Gasteiger partial charge on any atom is 0.114 e. The lowest BCUT2D eigenvalue weighted by molar-refractivity contribution is 0.626. The van der Waals surface area contributed by atoms with Crippen LogP contribution in [-0.2, 0) is 11.8 Å². The average molecular weight is 591 g/mol. The Morgan fingerprint density at radius 1 is 0.522 bits per heavy atom. The number of imidazole rings is 1. The Labute approximate surface area is 269 Å². The van der Waals surface area contributed by atoms with Crippen LogP contribution in [-0.4, -0.2) is 9.55 Å². The molecular weight excluding hydrogens is 556 g/mol. The molecule has 2 heterocycles. The zero-order valence-corrected chi connectivity index (χ0v) is 26.4. The van der Waals surface area contributed by atoms with E-state index in [-0.39, 0.29) is 5.41 Å². The number of fused-ring (bicyclic) bond motifs is 4. The van der Waals surface area contributed by atoms with Crippen LogP contribution in [0.4, 0.5) is 0 Å².